The standard InChI is InChI=1S/C25H29N3O4/c1-16(2)12-17(14-23(29)30)24(31)28-22(25(32)27-19-8-4-3-5-9-19)13-18-15-26-21-11-7-6-10-20(18)21/h3-11,15-17,22,26H,12-14H2,1-2H3,(H,27,32)(H,28,31)(H,29,30). The molecule has 0 bridgehead atoms. The second kappa shape index (κ2) is 10.6. The van der Waals surface area contributed by atoms with Crippen molar-refractivity contribution in [1.82, 2.24) is 10.3 Å². The molecule has 32 heavy (non-hydrogen) atoms. The summed E-state index contributed by atoms with van der Waals surface area (Å²) in [4.78, 5) is 40.6. The molecule has 1 aromatic heterocycles. The minimum Gasteiger partial charge on any atom is -0.481 e. The molecule has 2 aromatic carbocycles. The molecule has 2 unspecified atom stereocenters. The zero-order chi connectivity index (χ0) is 23.1. The van der Waals surface area contributed by atoms with E-state index in [9.17, 15) is 19.5 Å². The average molecular weight is 436 g/mol. The minimum atomic E-state index is -1.03. The lowest BCUT2D eigenvalue weighted by atomic mass is 9.92. The second-order valence-electron chi connectivity index (χ2n) is 8.40. The van der Waals surface area contributed by atoms with Crippen LogP contribution >= 0.6 is 0 Å². The van der Waals surface area contributed by atoms with Crippen LogP contribution in [0, 0.1) is 11.8 Å². The maximum absolute atomic E-state index is 13.1. The summed E-state index contributed by atoms with van der Waals surface area (Å²) in [6, 6.07) is 15.9. The summed E-state index contributed by atoms with van der Waals surface area (Å²) >= 11 is 0. The van der Waals surface area contributed by atoms with Crippen LogP contribution < -0.4 is 10.6 Å². The van der Waals surface area contributed by atoms with Crippen LogP contribution in [0.5, 0.6) is 0 Å². The maximum Gasteiger partial charge on any atom is 0.304 e. The van der Waals surface area contributed by atoms with Crippen LogP contribution in [0.15, 0.2) is 60.8 Å². The van der Waals surface area contributed by atoms with Gasteiger partial charge in [-0.3, -0.25) is 14.4 Å². The van der Waals surface area contributed by atoms with Gasteiger partial charge in [0.15, 0.2) is 0 Å². The highest BCUT2D eigenvalue weighted by atomic mass is 16.4. The number of H-pyrrole nitrogens is 1. The number of aromatic amines is 1. The van der Waals surface area contributed by atoms with Crippen molar-refractivity contribution in [1.29, 1.82) is 0 Å². The van der Waals surface area contributed by atoms with Crippen LogP contribution in [0.4, 0.5) is 5.69 Å². The normalized spacial score (nSPS) is 13.0. The third-order valence-electron chi connectivity index (χ3n) is 5.32. The predicted molar refractivity (Wildman–Crippen MR) is 124 cm³/mol. The second-order valence-corrected chi connectivity index (χ2v) is 8.40. The number of anilines is 1. The molecule has 0 spiro atoms. The van der Waals surface area contributed by atoms with Gasteiger partial charge in [-0.2, -0.15) is 0 Å². The van der Waals surface area contributed by atoms with Crippen LogP contribution in [0.2, 0.25) is 0 Å². The van der Waals surface area contributed by atoms with Gasteiger partial charge < -0.3 is 20.7 Å². The summed E-state index contributed by atoms with van der Waals surface area (Å²) in [5.74, 6) is -2.37. The maximum atomic E-state index is 13.1. The highest BCUT2D eigenvalue weighted by molar-refractivity contribution is 5.98. The third kappa shape index (κ3) is 6.20. The SMILES string of the molecule is CC(C)CC(CC(=O)O)C(=O)NC(Cc1c[nH]c2ccccc12)C(=O)Nc1ccccc1. The number of nitrogens with one attached hydrogen (secondary N) is 3. The van der Waals surface area contributed by atoms with Crippen molar-refractivity contribution in [3.8, 4) is 0 Å². The van der Waals surface area contributed by atoms with Crippen molar-refractivity contribution in [3.63, 3.8) is 0 Å². The lowest BCUT2D eigenvalue weighted by Gasteiger charge is -2.23. The number of rotatable bonds is 10. The average Bonchev–Trinajstić information content (AvgIpc) is 3.15. The number of amides is 2. The largest absolute Gasteiger partial charge is 0.481 e. The van der Waals surface area contributed by atoms with Gasteiger partial charge in [0, 0.05) is 35.1 Å². The monoisotopic (exact) mass is 435 g/mol. The number of carbonyl (C=O) groups is 3. The van der Waals surface area contributed by atoms with Crippen molar-refractivity contribution >= 4 is 34.4 Å². The summed E-state index contributed by atoms with van der Waals surface area (Å²) in [6.45, 7) is 3.88. The fourth-order valence-electron chi connectivity index (χ4n) is 3.83. The molecule has 0 fully saturated rings. The zero-order valence-corrected chi connectivity index (χ0v) is 18.3. The first-order chi connectivity index (χ1) is 15.3. The fraction of sp³-hybridized carbons (Fsp3) is 0.320. The molecule has 4 N–H and O–H groups in total. The summed E-state index contributed by atoms with van der Waals surface area (Å²) in [5.41, 5.74) is 2.47. The van der Waals surface area contributed by atoms with Gasteiger partial charge in [-0.05, 0) is 36.1 Å². The number of carbonyl (C=O) groups excluding carboxylic acids is 2. The number of aromatic nitrogens is 1. The van der Waals surface area contributed by atoms with E-state index in [1.54, 1.807) is 12.1 Å². The van der Waals surface area contributed by atoms with E-state index in [2.05, 4.69) is 15.6 Å². The summed E-state index contributed by atoms with van der Waals surface area (Å²) < 4.78 is 0. The number of hydrogen-bond donors (Lipinski definition) is 4. The summed E-state index contributed by atoms with van der Waals surface area (Å²) in [6.07, 6.45) is 2.26. The van der Waals surface area contributed by atoms with Crippen molar-refractivity contribution in [2.75, 3.05) is 5.32 Å². The first-order valence-corrected chi connectivity index (χ1v) is 10.8. The van der Waals surface area contributed by atoms with E-state index >= 15 is 0 Å². The van der Waals surface area contributed by atoms with E-state index in [1.165, 1.54) is 0 Å². The Morgan fingerprint density at radius 1 is 0.969 bits per heavy atom. The number of aliphatic carboxylic acids is 1. The number of carboxylic acid groups (broad SMARTS) is 1. The van der Waals surface area contributed by atoms with E-state index < -0.39 is 23.8 Å². The first kappa shape index (κ1) is 23.1. The number of hydrogen-bond acceptors (Lipinski definition) is 3. The molecule has 0 aliphatic carbocycles. The van der Waals surface area contributed by atoms with Gasteiger partial charge >= 0.3 is 5.97 Å². The highest BCUT2D eigenvalue weighted by Crippen LogP contribution is 2.21. The van der Waals surface area contributed by atoms with Gasteiger partial charge in [0.05, 0.1) is 6.42 Å². The number of fused-ring (bicyclic) bond motifs is 1. The Hall–Kier alpha value is -3.61. The Balaban J connectivity index is 1.84. The lowest BCUT2D eigenvalue weighted by Crippen LogP contribution is -2.47. The molecule has 0 aliphatic heterocycles. The molecular formula is C25H29N3O4. The molecule has 3 aromatic rings. The molecule has 1 heterocycles. The lowest BCUT2D eigenvalue weighted by molar-refractivity contribution is -0.141. The van der Waals surface area contributed by atoms with Crippen LogP contribution in [-0.4, -0.2) is 33.9 Å². The number of benzene rings is 2. The van der Waals surface area contributed by atoms with Crippen LogP contribution in [-0.2, 0) is 20.8 Å². The van der Waals surface area contributed by atoms with E-state index in [-0.39, 0.29) is 24.7 Å². The Morgan fingerprint density at radius 2 is 1.66 bits per heavy atom. The topological polar surface area (TPSA) is 111 Å². The Kier molecular flexibility index (Phi) is 7.65. The van der Waals surface area contributed by atoms with Crippen LogP contribution in [0.25, 0.3) is 10.9 Å². The van der Waals surface area contributed by atoms with Gasteiger partial charge in [0.25, 0.3) is 0 Å². The Labute approximate surface area is 187 Å². The molecule has 0 saturated carbocycles. The van der Waals surface area contributed by atoms with Gasteiger partial charge in [0.2, 0.25) is 11.8 Å². The summed E-state index contributed by atoms with van der Waals surface area (Å²) in [7, 11) is 0. The van der Waals surface area contributed by atoms with Crippen molar-refractivity contribution in [2.45, 2.75) is 39.2 Å². The van der Waals surface area contributed by atoms with E-state index in [1.807, 2.05) is 62.5 Å². The minimum absolute atomic E-state index is 0.148. The smallest absolute Gasteiger partial charge is 0.304 e. The fourth-order valence-corrected chi connectivity index (χ4v) is 3.83. The molecule has 0 radical (unpaired) electrons. The predicted octanol–water partition coefficient (Wildman–Crippen LogP) is 3.97. The zero-order valence-electron chi connectivity index (χ0n) is 18.3. The Morgan fingerprint density at radius 3 is 2.34 bits per heavy atom. The van der Waals surface area contributed by atoms with Crippen molar-refractivity contribution < 1.29 is 19.5 Å². The molecule has 2 atom stereocenters. The van der Waals surface area contributed by atoms with E-state index in [0.717, 1.165) is 16.5 Å². The molecule has 0 saturated heterocycles. The summed E-state index contributed by atoms with van der Waals surface area (Å²) in [5, 5.41) is 15.9. The van der Waals surface area contributed by atoms with Gasteiger partial charge in [0.1, 0.15) is 6.04 Å². The quantitative estimate of drug-likeness (QED) is 0.386. The van der Waals surface area contributed by atoms with Crippen LogP contribution in [0.3, 0.4) is 0 Å². The molecule has 7 nitrogen and oxygen atoms in total. The van der Waals surface area contributed by atoms with Crippen LogP contribution in [0.1, 0.15) is 32.3 Å². The number of para-hydroxylation sites is 2. The van der Waals surface area contributed by atoms with Gasteiger partial charge in [-0.1, -0.05) is 50.2 Å². The molecule has 7 heteroatoms. The van der Waals surface area contributed by atoms with Crippen molar-refractivity contribution in [2.24, 2.45) is 11.8 Å². The molecule has 2 amide bonds. The number of carboxylic acids is 1. The van der Waals surface area contributed by atoms with Gasteiger partial charge in [-0.25, -0.2) is 0 Å². The first-order valence-electron chi connectivity index (χ1n) is 10.8. The van der Waals surface area contributed by atoms with E-state index in [4.69, 9.17) is 0 Å². The molecule has 168 valence electrons. The van der Waals surface area contributed by atoms with Gasteiger partial charge in [-0.15, -0.1) is 0 Å². The molecule has 0 aliphatic rings. The van der Waals surface area contributed by atoms with Crippen molar-refractivity contribution in [3.05, 3.63) is 66.4 Å². The highest BCUT2D eigenvalue weighted by Gasteiger charge is 2.28. The molecular weight excluding hydrogens is 406 g/mol. The third-order valence-corrected chi connectivity index (χ3v) is 5.32. The Bertz CT molecular complexity index is 1070. The van der Waals surface area contributed by atoms with E-state index in [0.29, 0.717) is 12.1 Å². The molecule has 3 rings (SSSR count).